The fraction of sp³-hybridized carbons (Fsp3) is 0.500. The lowest BCUT2D eigenvalue weighted by Gasteiger charge is -2.00. The van der Waals surface area contributed by atoms with E-state index in [0.717, 1.165) is 12.8 Å². The zero-order valence-corrected chi connectivity index (χ0v) is 7.79. The molecule has 0 saturated carbocycles. The molecule has 0 atom stereocenters. The lowest BCUT2D eigenvalue weighted by Crippen LogP contribution is -1.95. The van der Waals surface area contributed by atoms with Gasteiger partial charge in [0, 0.05) is 6.07 Å². The van der Waals surface area contributed by atoms with Gasteiger partial charge in [-0.1, -0.05) is 19.8 Å². The first kappa shape index (κ1) is 9.84. The molecule has 3 heteroatoms. The zero-order valence-electron chi connectivity index (χ0n) is 7.79. The van der Waals surface area contributed by atoms with Crippen molar-refractivity contribution >= 4 is 6.29 Å². The Morgan fingerprint density at radius 3 is 2.92 bits per heavy atom. The van der Waals surface area contributed by atoms with E-state index in [-0.39, 0.29) is 0 Å². The van der Waals surface area contributed by atoms with Crippen LogP contribution in [-0.4, -0.2) is 12.9 Å². The van der Waals surface area contributed by atoms with Crippen LogP contribution in [0.25, 0.3) is 0 Å². The highest BCUT2D eigenvalue weighted by Crippen LogP contribution is 2.14. The maximum Gasteiger partial charge on any atom is 0.284 e. The Morgan fingerprint density at radius 1 is 1.46 bits per heavy atom. The summed E-state index contributed by atoms with van der Waals surface area (Å²) < 4.78 is 10.3. The fourth-order valence-corrected chi connectivity index (χ4v) is 1.00. The number of ether oxygens (including phenoxy) is 1. The van der Waals surface area contributed by atoms with Gasteiger partial charge in [-0.3, -0.25) is 4.79 Å². The van der Waals surface area contributed by atoms with Gasteiger partial charge in [0.1, 0.15) is 0 Å². The van der Waals surface area contributed by atoms with Gasteiger partial charge in [0.25, 0.3) is 5.95 Å². The molecule has 1 aromatic rings. The van der Waals surface area contributed by atoms with Crippen LogP contribution in [0.2, 0.25) is 0 Å². The van der Waals surface area contributed by atoms with Gasteiger partial charge in [0.15, 0.2) is 12.0 Å². The van der Waals surface area contributed by atoms with Crippen LogP contribution >= 0.6 is 0 Å². The van der Waals surface area contributed by atoms with Crippen molar-refractivity contribution in [1.82, 2.24) is 0 Å². The number of furan rings is 1. The third-order valence-corrected chi connectivity index (χ3v) is 1.71. The van der Waals surface area contributed by atoms with Crippen LogP contribution in [0, 0.1) is 0 Å². The van der Waals surface area contributed by atoms with Crippen molar-refractivity contribution in [2.75, 3.05) is 6.61 Å². The van der Waals surface area contributed by atoms with E-state index in [1.54, 1.807) is 12.1 Å². The van der Waals surface area contributed by atoms with Crippen LogP contribution in [0.1, 0.15) is 36.7 Å². The van der Waals surface area contributed by atoms with Crippen LogP contribution in [-0.2, 0) is 0 Å². The monoisotopic (exact) mass is 182 g/mol. The van der Waals surface area contributed by atoms with Crippen molar-refractivity contribution < 1.29 is 13.9 Å². The second kappa shape index (κ2) is 5.41. The van der Waals surface area contributed by atoms with Gasteiger partial charge in [0.2, 0.25) is 0 Å². The summed E-state index contributed by atoms with van der Waals surface area (Å²) in [5.41, 5.74) is 0. The van der Waals surface area contributed by atoms with E-state index in [4.69, 9.17) is 9.15 Å². The van der Waals surface area contributed by atoms with Crippen molar-refractivity contribution in [3.63, 3.8) is 0 Å². The van der Waals surface area contributed by atoms with E-state index in [9.17, 15) is 4.79 Å². The van der Waals surface area contributed by atoms with Crippen molar-refractivity contribution in [1.29, 1.82) is 0 Å². The van der Waals surface area contributed by atoms with Gasteiger partial charge in [0.05, 0.1) is 6.61 Å². The van der Waals surface area contributed by atoms with E-state index in [2.05, 4.69) is 6.92 Å². The molecule has 0 aromatic carbocycles. The van der Waals surface area contributed by atoms with Crippen LogP contribution in [0.3, 0.4) is 0 Å². The van der Waals surface area contributed by atoms with E-state index < -0.39 is 0 Å². The lowest BCUT2D eigenvalue weighted by molar-refractivity contribution is 0.109. The third-order valence-electron chi connectivity index (χ3n) is 1.71. The van der Waals surface area contributed by atoms with Crippen molar-refractivity contribution in [2.24, 2.45) is 0 Å². The Balaban J connectivity index is 2.24. The smallest absolute Gasteiger partial charge is 0.284 e. The minimum Gasteiger partial charge on any atom is -0.465 e. The second-order valence-electron chi connectivity index (χ2n) is 2.83. The zero-order chi connectivity index (χ0) is 9.52. The number of hydrogen-bond donors (Lipinski definition) is 0. The molecule has 0 aliphatic carbocycles. The highest BCUT2D eigenvalue weighted by atomic mass is 16.6. The molecule has 13 heavy (non-hydrogen) atoms. The van der Waals surface area contributed by atoms with E-state index in [1.807, 2.05) is 0 Å². The molecule has 0 radical (unpaired) electrons. The quantitative estimate of drug-likeness (QED) is 0.501. The fourth-order valence-electron chi connectivity index (χ4n) is 1.00. The van der Waals surface area contributed by atoms with Crippen LogP contribution in [0.4, 0.5) is 0 Å². The minimum atomic E-state index is 0.311. The number of hydrogen-bond acceptors (Lipinski definition) is 3. The van der Waals surface area contributed by atoms with E-state index >= 15 is 0 Å². The average molecular weight is 182 g/mol. The lowest BCUT2D eigenvalue weighted by atomic mass is 10.3. The SMILES string of the molecule is CCCCCOc1ccc(C=O)o1. The highest BCUT2D eigenvalue weighted by Gasteiger charge is 2.00. The minimum absolute atomic E-state index is 0.311. The molecule has 0 spiro atoms. The van der Waals surface area contributed by atoms with Crippen LogP contribution in [0.5, 0.6) is 5.95 Å². The predicted molar refractivity (Wildman–Crippen MR) is 49.1 cm³/mol. The van der Waals surface area contributed by atoms with Crippen molar-refractivity contribution in [2.45, 2.75) is 26.2 Å². The first-order chi connectivity index (χ1) is 6.36. The van der Waals surface area contributed by atoms with Crippen LogP contribution < -0.4 is 4.74 Å². The first-order valence-electron chi connectivity index (χ1n) is 4.54. The molecule has 3 nitrogen and oxygen atoms in total. The summed E-state index contributed by atoms with van der Waals surface area (Å²) in [6.07, 6.45) is 4.01. The highest BCUT2D eigenvalue weighted by molar-refractivity contribution is 5.70. The Labute approximate surface area is 77.7 Å². The average Bonchev–Trinajstić information content (AvgIpc) is 2.60. The van der Waals surface area contributed by atoms with Gasteiger partial charge in [-0.15, -0.1) is 0 Å². The van der Waals surface area contributed by atoms with Gasteiger partial charge in [-0.05, 0) is 12.5 Å². The molecule has 0 aliphatic rings. The first-order valence-corrected chi connectivity index (χ1v) is 4.54. The van der Waals surface area contributed by atoms with Crippen molar-refractivity contribution in [3.05, 3.63) is 17.9 Å². The number of carbonyl (C=O) groups is 1. The predicted octanol–water partition coefficient (Wildman–Crippen LogP) is 2.66. The molecule has 0 bridgehead atoms. The molecular weight excluding hydrogens is 168 g/mol. The Kier molecular flexibility index (Phi) is 4.09. The Bertz CT molecular complexity index is 252. The number of aldehydes is 1. The number of rotatable bonds is 6. The summed E-state index contributed by atoms with van der Waals surface area (Å²) in [6, 6.07) is 3.26. The molecule has 1 aromatic heterocycles. The molecule has 0 fully saturated rings. The Morgan fingerprint density at radius 2 is 2.31 bits per heavy atom. The van der Waals surface area contributed by atoms with E-state index in [1.165, 1.54) is 6.42 Å². The Hall–Kier alpha value is -1.25. The van der Waals surface area contributed by atoms with Crippen LogP contribution in [0.15, 0.2) is 16.5 Å². The summed E-state index contributed by atoms with van der Waals surface area (Å²) >= 11 is 0. The maximum atomic E-state index is 10.2. The van der Waals surface area contributed by atoms with Gasteiger partial charge in [-0.25, -0.2) is 0 Å². The summed E-state index contributed by atoms with van der Waals surface area (Å²) in [5, 5.41) is 0. The molecule has 0 unspecified atom stereocenters. The van der Waals surface area contributed by atoms with Gasteiger partial charge >= 0.3 is 0 Å². The molecule has 72 valence electrons. The molecule has 1 rings (SSSR count). The summed E-state index contributed by atoms with van der Waals surface area (Å²) in [7, 11) is 0. The third kappa shape index (κ3) is 3.32. The summed E-state index contributed by atoms with van der Waals surface area (Å²) in [6.45, 7) is 2.79. The molecule has 0 N–H and O–H groups in total. The molecular formula is C10H14O3. The standard InChI is InChI=1S/C10H14O3/c1-2-3-4-7-12-10-6-5-9(8-11)13-10/h5-6,8H,2-4,7H2,1H3. The topological polar surface area (TPSA) is 39.4 Å². The molecule has 0 aliphatic heterocycles. The molecule has 0 amide bonds. The number of carbonyl (C=O) groups excluding carboxylic acids is 1. The van der Waals surface area contributed by atoms with Gasteiger partial charge < -0.3 is 9.15 Å². The summed E-state index contributed by atoms with van der Waals surface area (Å²) in [5.74, 6) is 0.740. The second-order valence-corrected chi connectivity index (χ2v) is 2.83. The van der Waals surface area contributed by atoms with Gasteiger partial charge in [-0.2, -0.15) is 0 Å². The largest absolute Gasteiger partial charge is 0.465 e. The summed E-state index contributed by atoms with van der Waals surface area (Å²) in [4.78, 5) is 10.2. The molecule has 0 saturated heterocycles. The number of unbranched alkanes of at least 4 members (excludes halogenated alkanes) is 2. The van der Waals surface area contributed by atoms with Crippen molar-refractivity contribution in [3.8, 4) is 5.95 Å². The normalized spacial score (nSPS) is 9.92. The maximum absolute atomic E-state index is 10.2. The van der Waals surface area contributed by atoms with E-state index in [0.29, 0.717) is 24.6 Å². The molecule has 1 heterocycles.